The summed E-state index contributed by atoms with van der Waals surface area (Å²) < 4.78 is 0. The molecule has 0 radical (unpaired) electrons. The first-order valence-electron chi connectivity index (χ1n) is 9.55. The molecule has 6 heteroatoms. The van der Waals surface area contributed by atoms with Crippen LogP contribution in [0.15, 0.2) is 18.2 Å². The summed E-state index contributed by atoms with van der Waals surface area (Å²) in [7, 11) is 0. The quantitative estimate of drug-likeness (QED) is 0.867. The van der Waals surface area contributed by atoms with Gasteiger partial charge in [0.1, 0.15) is 0 Å². The third kappa shape index (κ3) is 4.01. The van der Waals surface area contributed by atoms with Gasteiger partial charge in [-0.2, -0.15) is 0 Å². The van der Waals surface area contributed by atoms with E-state index in [-0.39, 0.29) is 30.6 Å². The van der Waals surface area contributed by atoms with Gasteiger partial charge < -0.3 is 20.2 Å². The average Bonchev–Trinajstić information content (AvgIpc) is 2.98. The second-order valence-corrected chi connectivity index (χ2v) is 7.48. The Labute approximate surface area is 155 Å². The number of amides is 3. The highest BCUT2D eigenvalue weighted by Gasteiger charge is 2.34. The van der Waals surface area contributed by atoms with Crippen molar-refractivity contribution in [1.82, 2.24) is 10.2 Å². The van der Waals surface area contributed by atoms with Crippen LogP contribution in [-0.4, -0.2) is 53.7 Å². The Hall–Kier alpha value is -2.08. The second kappa shape index (κ2) is 8.08. The number of rotatable bonds is 4. The van der Waals surface area contributed by atoms with Crippen molar-refractivity contribution < 1.29 is 14.7 Å². The minimum atomic E-state index is -0.173. The Balaban J connectivity index is 1.63. The zero-order valence-electron chi connectivity index (χ0n) is 15.7. The fraction of sp³-hybridized carbons (Fsp3) is 0.600. The highest BCUT2D eigenvalue weighted by Crippen LogP contribution is 2.25. The molecule has 1 aromatic rings. The Bertz CT molecular complexity index is 674. The number of nitrogens with one attached hydrogen (secondary N) is 1. The smallest absolute Gasteiger partial charge is 0.317 e. The van der Waals surface area contributed by atoms with Gasteiger partial charge in [-0.1, -0.05) is 6.07 Å². The van der Waals surface area contributed by atoms with Gasteiger partial charge in [0.15, 0.2) is 0 Å². The standard InChI is InChI=1S/C20H29N3O3/c1-14-6-7-18(11-15(14)2)23-13-16(12-19(23)25)21-20(26)22-9-4-3-5-17(22)8-10-24/h6-7,11,16-17,24H,3-5,8-10,12-13H2,1-2H3,(H,21,26)/t16-,17-/m1/s1. The van der Waals surface area contributed by atoms with Crippen molar-refractivity contribution in [3.63, 3.8) is 0 Å². The zero-order chi connectivity index (χ0) is 18.7. The molecule has 3 rings (SSSR count). The van der Waals surface area contributed by atoms with Gasteiger partial charge in [0.2, 0.25) is 5.91 Å². The molecule has 26 heavy (non-hydrogen) atoms. The summed E-state index contributed by atoms with van der Waals surface area (Å²) in [5, 5.41) is 12.3. The summed E-state index contributed by atoms with van der Waals surface area (Å²) in [5.41, 5.74) is 3.25. The molecule has 0 aliphatic carbocycles. The lowest BCUT2D eigenvalue weighted by Crippen LogP contribution is -2.52. The molecule has 0 spiro atoms. The van der Waals surface area contributed by atoms with Crippen molar-refractivity contribution in [3.8, 4) is 0 Å². The number of carbonyl (C=O) groups excluding carboxylic acids is 2. The summed E-state index contributed by atoms with van der Waals surface area (Å²) in [6, 6.07) is 5.83. The molecule has 3 amide bonds. The van der Waals surface area contributed by atoms with E-state index in [9.17, 15) is 14.7 Å². The molecule has 0 aromatic heterocycles. The van der Waals surface area contributed by atoms with Gasteiger partial charge in [-0.25, -0.2) is 4.79 Å². The molecule has 2 N–H and O–H groups in total. The molecule has 0 saturated carbocycles. The summed E-state index contributed by atoms with van der Waals surface area (Å²) in [6.45, 7) is 5.41. The normalized spacial score (nSPS) is 23.4. The lowest BCUT2D eigenvalue weighted by atomic mass is 10.00. The van der Waals surface area contributed by atoms with E-state index < -0.39 is 0 Å². The van der Waals surface area contributed by atoms with Crippen molar-refractivity contribution in [1.29, 1.82) is 0 Å². The Morgan fingerprint density at radius 3 is 2.81 bits per heavy atom. The van der Waals surface area contributed by atoms with E-state index >= 15 is 0 Å². The molecule has 2 heterocycles. The molecule has 142 valence electrons. The lowest BCUT2D eigenvalue weighted by Gasteiger charge is -2.36. The van der Waals surface area contributed by atoms with Crippen molar-refractivity contribution in [3.05, 3.63) is 29.3 Å². The number of aliphatic hydroxyl groups is 1. The molecule has 0 bridgehead atoms. The van der Waals surface area contributed by atoms with Gasteiger partial charge in [0.25, 0.3) is 0 Å². The summed E-state index contributed by atoms with van der Waals surface area (Å²) in [4.78, 5) is 28.7. The molecule has 0 unspecified atom stereocenters. The van der Waals surface area contributed by atoms with E-state index in [0.29, 0.717) is 19.4 Å². The molecule has 2 aliphatic rings. The van der Waals surface area contributed by atoms with Gasteiger partial charge >= 0.3 is 6.03 Å². The van der Waals surface area contributed by atoms with Gasteiger partial charge in [-0.05, 0) is 62.8 Å². The first-order chi connectivity index (χ1) is 12.5. The Morgan fingerprint density at radius 1 is 1.27 bits per heavy atom. The number of aliphatic hydroxyl groups excluding tert-OH is 1. The maximum absolute atomic E-state index is 12.7. The minimum Gasteiger partial charge on any atom is -0.396 e. The average molecular weight is 359 g/mol. The van der Waals surface area contributed by atoms with Crippen LogP contribution in [0.1, 0.15) is 43.2 Å². The van der Waals surface area contributed by atoms with E-state index in [4.69, 9.17) is 0 Å². The number of benzene rings is 1. The van der Waals surface area contributed by atoms with E-state index in [1.165, 1.54) is 5.56 Å². The number of anilines is 1. The first kappa shape index (κ1) is 18.7. The second-order valence-electron chi connectivity index (χ2n) is 7.48. The molecular weight excluding hydrogens is 330 g/mol. The van der Waals surface area contributed by atoms with Crippen LogP contribution in [0.4, 0.5) is 10.5 Å². The van der Waals surface area contributed by atoms with Gasteiger partial charge in [0, 0.05) is 37.8 Å². The SMILES string of the molecule is Cc1ccc(N2C[C@H](NC(=O)N3CCCC[C@@H]3CCO)CC2=O)cc1C. The van der Waals surface area contributed by atoms with E-state index in [1.807, 2.05) is 30.0 Å². The third-order valence-corrected chi connectivity index (χ3v) is 5.61. The molecule has 2 saturated heterocycles. The number of hydrogen-bond donors (Lipinski definition) is 2. The molecule has 1 aromatic carbocycles. The van der Waals surface area contributed by atoms with Crippen LogP contribution in [0.5, 0.6) is 0 Å². The number of nitrogens with zero attached hydrogens (tertiary/aromatic N) is 2. The predicted molar refractivity (Wildman–Crippen MR) is 101 cm³/mol. The topological polar surface area (TPSA) is 72.9 Å². The predicted octanol–water partition coefficient (Wildman–Crippen LogP) is 2.36. The zero-order valence-corrected chi connectivity index (χ0v) is 15.7. The molecule has 2 aliphatic heterocycles. The molecule has 2 fully saturated rings. The van der Waals surface area contributed by atoms with Crippen molar-refractivity contribution in [2.45, 2.75) is 58.0 Å². The fourth-order valence-electron chi connectivity index (χ4n) is 3.92. The summed E-state index contributed by atoms with van der Waals surface area (Å²) >= 11 is 0. The number of aryl methyl sites for hydroxylation is 2. The molecule has 6 nitrogen and oxygen atoms in total. The monoisotopic (exact) mass is 359 g/mol. The van der Waals surface area contributed by atoms with Crippen LogP contribution < -0.4 is 10.2 Å². The van der Waals surface area contributed by atoms with Crippen LogP contribution in [0.3, 0.4) is 0 Å². The molecule has 2 atom stereocenters. The van der Waals surface area contributed by atoms with Crippen molar-refractivity contribution >= 4 is 17.6 Å². The van der Waals surface area contributed by atoms with Crippen molar-refractivity contribution in [2.24, 2.45) is 0 Å². The van der Waals surface area contributed by atoms with Gasteiger partial charge in [-0.15, -0.1) is 0 Å². The van der Waals surface area contributed by atoms with Crippen molar-refractivity contribution in [2.75, 3.05) is 24.6 Å². The maximum atomic E-state index is 12.7. The van der Waals surface area contributed by atoms with Gasteiger partial charge in [0.05, 0.1) is 6.04 Å². The van der Waals surface area contributed by atoms with Crippen LogP contribution in [0.2, 0.25) is 0 Å². The number of likely N-dealkylation sites (tertiary alicyclic amines) is 1. The van der Waals surface area contributed by atoms with E-state index in [0.717, 1.165) is 37.1 Å². The number of piperidine rings is 1. The fourth-order valence-corrected chi connectivity index (χ4v) is 3.92. The third-order valence-electron chi connectivity index (χ3n) is 5.61. The van der Waals surface area contributed by atoms with Gasteiger partial charge in [-0.3, -0.25) is 4.79 Å². The maximum Gasteiger partial charge on any atom is 0.317 e. The van der Waals surface area contributed by atoms with Crippen LogP contribution >= 0.6 is 0 Å². The van der Waals surface area contributed by atoms with Crippen LogP contribution in [-0.2, 0) is 4.79 Å². The summed E-state index contributed by atoms with van der Waals surface area (Å²) in [6.07, 6.45) is 3.97. The van der Waals surface area contributed by atoms with E-state index in [1.54, 1.807) is 4.90 Å². The number of hydrogen-bond acceptors (Lipinski definition) is 3. The first-order valence-corrected chi connectivity index (χ1v) is 9.55. The highest BCUT2D eigenvalue weighted by atomic mass is 16.3. The number of carbonyl (C=O) groups is 2. The summed E-state index contributed by atoms with van der Waals surface area (Å²) in [5.74, 6) is 0.0455. The van der Waals surface area contributed by atoms with E-state index in [2.05, 4.69) is 12.2 Å². The Kier molecular flexibility index (Phi) is 5.81. The van der Waals surface area contributed by atoms with Crippen LogP contribution in [0, 0.1) is 13.8 Å². The highest BCUT2D eigenvalue weighted by molar-refractivity contribution is 5.97. The minimum absolute atomic E-state index is 0.0455. The molecular formula is C20H29N3O3. The number of urea groups is 1. The Morgan fingerprint density at radius 2 is 2.08 bits per heavy atom. The van der Waals surface area contributed by atoms with Crippen LogP contribution in [0.25, 0.3) is 0 Å². The lowest BCUT2D eigenvalue weighted by molar-refractivity contribution is -0.117. The largest absolute Gasteiger partial charge is 0.396 e.